The van der Waals surface area contributed by atoms with Gasteiger partial charge in [-0.3, -0.25) is 9.69 Å². The number of para-hydroxylation sites is 2. The van der Waals surface area contributed by atoms with Gasteiger partial charge in [-0.25, -0.2) is 0 Å². The quantitative estimate of drug-likeness (QED) is 0.485. The van der Waals surface area contributed by atoms with Crippen LogP contribution >= 0.6 is 0 Å². The predicted molar refractivity (Wildman–Crippen MR) is 104 cm³/mol. The van der Waals surface area contributed by atoms with Crippen LogP contribution in [0.15, 0.2) is 66.4 Å². The number of carbonyl (C=O) groups excluding carboxylic acids is 1. The van der Waals surface area contributed by atoms with E-state index in [2.05, 4.69) is 22.3 Å². The first-order valence-corrected chi connectivity index (χ1v) is 8.88. The second-order valence-electron chi connectivity index (χ2n) is 6.39. The smallest absolute Gasteiger partial charge is 0.266 e. The number of aromatic hydroxyl groups is 1. The van der Waals surface area contributed by atoms with Crippen molar-refractivity contribution in [1.82, 2.24) is 9.80 Å². The van der Waals surface area contributed by atoms with E-state index in [4.69, 9.17) is 0 Å². The molecule has 0 saturated carbocycles. The molecule has 0 bridgehead atoms. The Hall–Kier alpha value is -3.30. The van der Waals surface area contributed by atoms with Crippen molar-refractivity contribution in [2.45, 2.75) is 6.54 Å². The lowest BCUT2D eigenvalue weighted by Gasteiger charge is -2.34. The number of benzene rings is 2. The predicted octanol–water partition coefficient (Wildman–Crippen LogP) is 2.56. The number of carbonyl (C=O) groups is 1. The van der Waals surface area contributed by atoms with E-state index in [-0.39, 0.29) is 17.2 Å². The van der Waals surface area contributed by atoms with Gasteiger partial charge in [0.25, 0.3) is 5.91 Å². The van der Waals surface area contributed by atoms with Gasteiger partial charge in [-0.15, -0.1) is 0 Å². The summed E-state index contributed by atoms with van der Waals surface area (Å²) in [7, 11) is 0. The Bertz CT molecular complexity index is 850. The van der Waals surface area contributed by atoms with Gasteiger partial charge in [-0.05, 0) is 17.7 Å². The standard InChI is InChI=1S/C21H22N4O2/c22-14-18(15-23-19-8-4-5-9-20(19)26)21(27)25-12-10-24(11-13-25)16-17-6-2-1-3-7-17/h1-9,15,23,26H,10-13,16H2/b18-15-. The van der Waals surface area contributed by atoms with Gasteiger partial charge >= 0.3 is 0 Å². The van der Waals surface area contributed by atoms with E-state index in [1.54, 1.807) is 23.1 Å². The van der Waals surface area contributed by atoms with Crippen LogP contribution in [0, 0.1) is 11.3 Å². The topological polar surface area (TPSA) is 79.6 Å². The van der Waals surface area contributed by atoms with E-state index >= 15 is 0 Å². The maximum Gasteiger partial charge on any atom is 0.266 e. The summed E-state index contributed by atoms with van der Waals surface area (Å²) in [5, 5.41) is 21.9. The fraction of sp³-hybridized carbons (Fsp3) is 0.238. The van der Waals surface area contributed by atoms with E-state index < -0.39 is 0 Å². The fourth-order valence-corrected chi connectivity index (χ4v) is 3.01. The summed E-state index contributed by atoms with van der Waals surface area (Å²) < 4.78 is 0. The van der Waals surface area contributed by atoms with Gasteiger partial charge in [0.15, 0.2) is 0 Å². The van der Waals surface area contributed by atoms with Gasteiger partial charge in [0.2, 0.25) is 0 Å². The number of hydrogen-bond acceptors (Lipinski definition) is 5. The average molecular weight is 362 g/mol. The lowest BCUT2D eigenvalue weighted by Crippen LogP contribution is -2.48. The van der Waals surface area contributed by atoms with Gasteiger partial charge < -0.3 is 15.3 Å². The van der Waals surface area contributed by atoms with Crippen LogP contribution in [0.3, 0.4) is 0 Å². The van der Waals surface area contributed by atoms with Crippen LogP contribution in [0.1, 0.15) is 5.56 Å². The molecule has 0 atom stereocenters. The molecule has 6 heteroatoms. The molecule has 27 heavy (non-hydrogen) atoms. The molecule has 0 spiro atoms. The summed E-state index contributed by atoms with van der Waals surface area (Å²) in [5.41, 5.74) is 1.72. The second kappa shape index (κ2) is 8.88. The summed E-state index contributed by atoms with van der Waals surface area (Å²) in [4.78, 5) is 16.6. The van der Waals surface area contributed by atoms with Crippen molar-refractivity contribution in [2.75, 3.05) is 31.5 Å². The third-order valence-corrected chi connectivity index (χ3v) is 4.54. The molecule has 138 valence electrons. The number of phenols is 1. The Morgan fingerprint density at radius 1 is 1.07 bits per heavy atom. The summed E-state index contributed by atoms with van der Waals surface area (Å²) in [5.74, 6) is -0.229. The first kappa shape index (κ1) is 18.5. The van der Waals surface area contributed by atoms with Crippen molar-refractivity contribution in [1.29, 1.82) is 5.26 Å². The van der Waals surface area contributed by atoms with E-state index in [0.29, 0.717) is 18.8 Å². The molecular formula is C21H22N4O2. The lowest BCUT2D eigenvalue weighted by molar-refractivity contribution is -0.128. The molecule has 0 aromatic heterocycles. The molecular weight excluding hydrogens is 340 g/mol. The number of phenolic OH excluding ortho intramolecular Hbond substituents is 1. The maximum absolute atomic E-state index is 12.6. The molecule has 0 aliphatic carbocycles. The van der Waals surface area contributed by atoms with Crippen LogP contribution in [0.25, 0.3) is 0 Å². The summed E-state index contributed by atoms with van der Waals surface area (Å²) in [6, 6.07) is 18.9. The van der Waals surface area contributed by atoms with E-state index in [1.165, 1.54) is 17.8 Å². The highest BCUT2D eigenvalue weighted by Gasteiger charge is 2.23. The maximum atomic E-state index is 12.6. The third kappa shape index (κ3) is 4.87. The molecule has 0 radical (unpaired) electrons. The zero-order valence-electron chi connectivity index (χ0n) is 15.0. The molecule has 1 saturated heterocycles. The molecule has 1 heterocycles. The highest BCUT2D eigenvalue weighted by molar-refractivity contribution is 5.97. The third-order valence-electron chi connectivity index (χ3n) is 4.54. The van der Waals surface area contributed by atoms with Gasteiger partial charge in [0.05, 0.1) is 5.69 Å². The second-order valence-corrected chi connectivity index (χ2v) is 6.39. The average Bonchev–Trinajstić information content (AvgIpc) is 2.71. The highest BCUT2D eigenvalue weighted by atomic mass is 16.3. The van der Waals surface area contributed by atoms with Crippen molar-refractivity contribution in [3.8, 4) is 11.8 Å². The van der Waals surface area contributed by atoms with Crippen LogP contribution in [-0.2, 0) is 11.3 Å². The summed E-state index contributed by atoms with van der Waals surface area (Å²) in [6.07, 6.45) is 1.35. The number of nitrogens with one attached hydrogen (secondary N) is 1. The Morgan fingerprint density at radius 3 is 2.41 bits per heavy atom. The highest BCUT2D eigenvalue weighted by Crippen LogP contribution is 2.21. The lowest BCUT2D eigenvalue weighted by atomic mass is 10.2. The van der Waals surface area contributed by atoms with Gasteiger partial charge in [0, 0.05) is 38.9 Å². The van der Waals surface area contributed by atoms with Crippen molar-refractivity contribution >= 4 is 11.6 Å². The zero-order valence-corrected chi connectivity index (χ0v) is 15.0. The first-order valence-electron chi connectivity index (χ1n) is 8.88. The largest absolute Gasteiger partial charge is 0.506 e. The van der Waals surface area contributed by atoms with Crippen molar-refractivity contribution in [2.24, 2.45) is 0 Å². The normalized spacial score (nSPS) is 15.2. The molecule has 3 rings (SSSR count). The van der Waals surface area contributed by atoms with E-state index in [0.717, 1.165) is 19.6 Å². The molecule has 1 amide bonds. The number of piperazine rings is 1. The Morgan fingerprint density at radius 2 is 1.74 bits per heavy atom. The van der Waals surface area contributed by atoms with Crippen molar-refractivity contribution in [3.63, 3.8) is 0 Å². The van der Waals surface area contributed by atoms with Crippen LogP contribution < -0.4 is 5.32 Å². The van der Waals surface area contributed by atoms with E-state index in [9.17, 15) is 15.2 Å². The van der Waals surface area contributed by atoms with Crippen LogP contribution in [0.5, 0.6) is 5.75 Å². The van der Waals surface area contributed by atoms with E-state index in [1.807, 2.05) is 24.3 Å². The number of amides is 1. The molecule has 0 unspecified atom stereocenters. The molecule has 2 aromatic rings. The minimum absolute atomic E-state index is 0.0229. The zero-order chi connectivity index (χ0) is 19.1. The monoisotopic (exact) mass is 362 g/mol. The number of nitrogens with zero attached hydrogens (tertiary/aromatic N) is 3. The summed E-state index contributed by atoms with van der Waals surface area (Å²) >= 11 is 0. The van der Waals surface area contributed by atoms with Gasteiger partial charge in [-0.2, -0.15) is 5.26 Å². The molecule has 1 aliphatic rings. The first-order chi connectivity index (χ1) is 13.2. The van der Waals surface area contributed by atoms with Crippen molar-refractivity contribution < 1.29 is 9.90 Å². The van der Waals surface area contributed by atoms with Crippen LogP contribution in [-0.4, -0.2) is 47.0 Å². The fourth-order valence-electron chi connectivity index (χ4n) is 3.01. The number of nitriles is 1. The van der Waals surface area contributed by atoms with Crippen LogP contribution in [0.4, 0.5) is 5.69 Å². The minimum atomic E-state index is -0.292. The number of hydrogen-bond donors (Lipinski definition) is 2. The molecule has 1 fully saturated rings. The Balaban J connectivity index is 1.56. The van der Waals surface area contributed by atoms with Gasteiger partial charge in [-0.1, -0.05) is 42.5 Å². The Kier molecular flexibility index (Phi) is 6.08. The number of rotatable bonds is 5. The molecule has 6 nitrogen and oxygen atoms in total. The molecule has 2 N–H and O–H groups in total. The minimum Gasteiger partial charge on any atom is -0.506 e. The molecule has 2 aromatic carbocycles. The van der Waals surface area contributed by atoms with Gasteiger partial charge in [0.1, 0.15) is 17.4 Å². The van der Waals surface area contributed by atoms with Crippen molar-refractivity contribution in [3.05, 3.63) is 71.9 Å². The number of anilines is 1. The SMILES string of the molecule is N#C/C(=C/Nc1ccccc1O)C(=O)N1CCN(Cc2ccccc2)CC1. The molecule has 1 aliphatic heterocycles. The summed E-state index contributed by atoms with van der Waals surface area (Å²) in [6.45, 7) is 3.57. The Labute approximate surface area is 158 Å². The van der Waals surface area contributed by atoms with Crippen LogP contribution in [0.2, 0.25) is 0 Å².